The lowest BCUT2D eigenvalue weighted by Gasteiger charge is -2.32. The standard InChI is InChI=1S/C26H39N5O/c1-18-21(11-12-26(2,3)4)25(29-28-18)23-15-19-9-10-20(16-22(19)27-23)30(5)24(32)17-31-13-7-6-8-14-31/h9-10,15,20,27H,6-8,11-14,16-17H2,1-5H3,(H,28,29). The third-order valence-electron chi connectivity index (χ3n) is 7.00. The number of piperidine rings is 1. The molecule has 6 nitrogen and oxygen atoms in total. The molecular weight excluding hydrogens is 398 g/mol. The molecule has 1 atom stereocenters. The summed E-state index contributed by atoms with van der Waals surface area (Å²) >= 11 is 0. The van der Waals surface area contributed by atoms with E-state index < -0.39 is 0 Å². The van der Waals surface area contributed by atoms with Crippen molar-refractivity contribution in [2.45, 2.75) is 72.3 Å². The van der Waals surface area contributed by atoms with Gasteiger partial charge in [0.2, 0.25) is 5.91 Å². The van der Waals surface area contributed by atoms with Crippen LogP contribution in [0.2, 0.25) is 0 Å². The lowest BCUT2D eigenvalue weighted by molar-refractivity contribution is -0.132. The molecule has 1 aliphatic carbocycles. The van der Waals surface area contributed by atoms with Crippen LogP contribution < -0.4 is 0 Å². The summed E-state index contributed by atoms with van der Waals surface area (Å²) in [5, 5.41) is 7.81. The maximum atomic E-state index is 12.9. The smallest absolute Gasteiger partial charge is 0.236 e. The fourth-order valence-corrected chi connectivity index (χ4v) is 4.80. The minimum absolute atomic E-state index is 0.0903. The van der Waals surface area contributed by atoms with Gasteiger partial charge < -0.3 is 9.88 Å². The van der Waals surface area contributed by atoms with Gasteiger partial charge in [-0.3, -0.25) is 14.8 Å². The quantitative estimate of drug-likeness (QED) is 0.695. The molecule has 0 aromatic carbocycles. The van der Waals surface area contributed by atoms with Gasteiger partial charge in [0, 0.05) is 30.4 Å². The Morgan fingerprint density at radius 1 is 1.25 bits per heavy atom. The van der Waals surface area contributed by atoms with Crippen molar-refractivity contribution in [1.29, 1.82) is 0 Å². The van der Waals surface area contributed by atoms with Crippen molar-refractivity contribution in [3.63, 3.8) is 0 Å². The molecule has 1 amide bonds. The van der Waals surface area contributed by atoms with Crippen LogP contribution >= 0.6 is 0 Å². The molecule has 1 saturated heterocycles. The predicted molar refractivity (Wildman–Crippen MR) is 130 cm³/mol. The topological polar surface area (TPSA) is 68.0 Å². The van der Waals surface area contributed by atoms with Gasteiger partial charge in [0.1, 0.15) is 5.69 Å². The Morgan fingerprint density at radius 3 is 2.72 bits per heavy atom. The number of aromatic nitrogens is 3. The number of nitrogens with one attached hydrogen (secondary N) is 2. The molecular formula is C26H39N5O. The van der Waals surface area contributed by atoms with E-state index in [2.05, 4.69) is 66.0 Å². The zero-order chi connectivity index (χ0) is 22.9. The van der Waals surface area contributed by atoms with Gasteiger partial charge in [-0.25, -0.2) is 0 Å². The number of H-pyrrole nitrogens is 2. The van der Waals surface area contributed by atoms with E-state index in [1.54, 1.807) is 0 Å². The number of hydrogen-bond acceptors (Lipinski definition) is 3. The molecule has 2 N–H and O–H groups in total. The number of amides is 1. The first-order valence-electron chi connectivity index (χ1n) is 12.1. The molecule has 0 spiro atoms. The van der Waals surface area contributed by atoms with Gasteiger partial charge in [-0.2, -0.15) is 5.10 Å². The van der Waals surface area contributed by atoms with Crippen LogP contribution in [0.15, 0.2) is 12.1 Å². The molecule has 174 valence electrons. The number of nitrogens with zero attached hydrogens (tertiary/aromatic N) is 3. The Bertz CT molecular complexity index is 971. The normalized spacial score (nSPS) is 19.2. The van der Waals surface area contributed by atoms with E-state index in [1.165, 1.54) is 36.1 Å². The molecule has 0 radical (unpaired) electrons. The second-order valence-corrected chi connectivity index (χ2v) is 10.8. The van der Waals surface area contributed by atoms with E-state index in [9.17, 15) is 4.79 Å². The van der Waals surface area contributed by atoms with E-state index in [1.807, 2.05) is 11.9 Å². The highest BCUT2D eigenvalue weighted by atomic mass is 16.2. The van der Waals surface area contributed by atoms with E-state index in [4.69, 9.17) is 0 Å². The van der Waals surface area contributed by atoms with E-state index in [0.717, 1.165) is 49.4 Å². The first-order chi connectivity index (χ1) is 15.2. The number of fused-ring (bicyclic) bond motifs is 1. The predicted octanol–water partition coefficient (Wildman–Crippen LogP) is 4.57. The lowest BCUT2D eigenvalue weighted by atomic mass is 9.88. The summed E-state index contributed by atoms with van der Waals surface area (Å²) in [7, 11) is 1.94. The van der Waals surface area contributed by atoms with Crippen LogP contribution in [0.25, 0.3) is 17.5 Å². The summed E-state index contributed by atoms with van der Waals surface area (Å²) in [5.41, 5.74) is 7.22. The number of likely N-dealkylation sites (tertiary alicyclic amines) is 1. The highest BCUT2D eigenvalue weighted by molar-refractivity contribution is 5.79. The molecule has 2 aliphatic rings. The second-order valence-electron chi connectivity index (χ2n) is 10.8. The van der Waals surface area contributed by atoms with Gasteiger partial charge in [-0.1, -0.05) is 39.3 Å². The van der Waals surface area contributed by atoms with Gasteiger partial charge in [0.05, 0.1) is 18.3 Å². The van der Waals surface area contributed by atoms with Crippen LogP contribution in [0, 0.1) is 12.3 Å². The first-order valence-corrected chi connectivity index (χ1v) is 12.1. The number of aromatic amines is 2. The van der Waals surface area contributed by atoms with E-state index >= 15 is 0 Å². The molecule has 1 aliphatic heterocycles. The van der Waals surface area contributed by atoms with E-state index in [0.29, 0.717) is 6.54 Å². The Kier molecular flexibility index (Phi) is 6.61. The van der Waals surface area contributed by atoms with Crippen molar-refractivity contribution in [3.8, 4) is 11.4 Å². The Morgan fingerprint density at radius 2 is 2.00 bits per heavy atom. The summed E-state index contributed by atoms with van der Waals surface area (Å²) in [6.07, 6.45) is 11.0. The summed E-state index contributed by atoms with van der Waals surface area (Å²) < 4.78 is 0. The number of rotatable bonds is 6. The molecule has 1 fully saturated rings. The number of carbonyl (C=O) groups is 1. The Labute approximate surface area is 192 Å². The summed E-state index contributed by atoms with van der Waals surface area (Å²) in [5.74, 6) is 0.212. The number of likely N-dealkylation sites (N-methyl/N-ethyl adjacent to an activating group) is 1. The second kappa shape index (κ2) is 9.26. The van der Waals surface area contributed by atoms with Crippen molar-refractivity contribution in [2.75, 3.05) is 26.7 Å². The van der Waals surface area contributed by atoms with Crippen molar-refractivity contribution in [2.24, 2.45) is 5.41 Å². The van der Waals surface area contributed by atoms with Crippen molar-refractivity contribution in [1.82, 2.24) is 25.0 Å². The maximum absolute atomic E-state index is 12.9. The summed E-state index contributed by atoms with van der Waals surface area (Å²) in [6.45, 7) is 11.6. The van der Waals surface area contributed by atoms with E-state index in [-0.39, 0.29) is 17.4 Å². The summed E-state index contributed by atoms with van der Waals surface area (Å²) in [6, 6.07) is 2.29. The zero-order valence-corrected chi connectivity index (χ0v) is 20.4. The average molecular weight is 438 g/mol. The molecule has 4 rings (SSSR count). The molecule has 2 aromatic rings. The largest absolute Gasteiger partial charge is 0.356 e. The fraction of sp³-hybridized carbons (Fsp3) is 0.615. The molecule has 0 bridgehead atoms. The molecule has 1 unspecified atom stereocenters. The Balaban J connectivity index is 1.45. The van der Waals surface area contributed by atoms with Crippen molar-refractivity contribution in [3.05, 3.63) is 34.7 Å². The molecule has 3 heterocycles. The highest BCUT2D eigenvalue weighted by Gasteiger charge is 2.26. The van der Waals surface area contributed by atoms with Gasteiger partial charge >= 0.3 is 0 Å². The maximum Gasteiger partial charge on any atom is 0.236 e. The van der Waals surface area contributed by atoms with Crippen molar-refractivity contribution >= 4 is 12.0 Å². The highest BCUT2D eigenvalue weighted by Crippen LogP contribution is 2.32. The molecule has 6 heteroatoms. The van der Waals surface area contributed by atoms with Gasteiger partial charge in [-0.15, -0.1) is 0 Å². The number of aryl methyl sites for hydroxylation is 1. The van der Waals surface area contributed by atoms with Gasteiger partial charge in [0.25, 0.3) is 0 Å². The minimum Gasteiger partial charge on any atom is -0.356 e. The molecule has 2 aromatic heterocycles. The summed E-state index contributed by atoms with van der Waals surface area (Å²) in [4.78, 5) is 20.7. The SMILES string of the molecule is Cc1[nH]nc(-c2cc3c([nH]2)CC(N(C)C(=O)CN2CCCCC2)C=C3)c1CCC(C)(C)C. The van der Waals surface area contributed by atoms with Crippen LogP contribution in [0.5, 0.6) is 0 Å². The van der Waals surface area contributed by atoms with Crippen LogP contribution in [0.4, 0.5) is 0 Å². The van der Waals surface area contributed by atoms with Gasteiger partial charge in [-0.05, 0) is 62.7 Å². The monoisotopic (exact) mass is 437 g/mol. The Hall–Kier alpha value is -2.34. The third kappa shape index (κ3) is 5.17. The van der Waals surface area contributed by atoms with Crippen LogP contribution in [-0.4, -0.2) is 63.6 Å². The van der Waals surface area contributed by atoms with Crippen molar-refractivity contribution < 1.29 is 4.79 Å². The fourth-order valence-electron chi connectivity index (χ4n) is 4.80. The lowest BCUT2D eigenvalue weighted by Crippen LogP contribution is -2.45. The third-order valence-corrected chi connectivity index (χ3v) is 7.00. The average Bonchev–Trinajstić information content (AvgIpc) is 3.34. The number of hydrogen-bond donors (Lipinski definition) is 2. The van der Waals surface area contributed by atoms with Crippen LogP contribution in [0.1, 0.15) is 69.0 Å². The van der Waals surface area contributed by atoms with Crippen LogP contribution in [-0.2, 0) is 17.6 Å². The first kappa shape index (κ1) is 22.8. The van der Waals surface area contributed by atoms with Gasteiger partial charge in [0.15, 0.2) is 0 Å². The zero-order valence-electron chi connectivity index (χ0n) is 20.4. The molecule has 0 saturated carbocycles. The van der Waals surface area contributed by atoms with Crippen LogP contribution in [0.3, 0.4) is 0 Å². The number of carbonyl (C=O) groups excluding carboxylic acids is 1. The molecule has 32 heavy (non-hydrogen) atoms. The minimum atomic E-state index is 0.0903.